The number of nitrogens with zero attached hydrogens (tertiary/aromatic N) is 5. The van der Waals surface area contributed by atoms with E-state index in [2.05, 4.69) is 30.6 Å². The van der Waals surface area contributed by atoms with Gasteiger partial charge in [-0.15, -0.1) is 0 Å². The van der Waals surface area contributed by atoms with E-state index in [1.54, 1.807) is 24.3 Å². The highest BCUT2D eigenvalue weighted by atomic mass is 19.4. The molecule has 12 heteroatoms. The summed E-state index contributed by atoms with van der Waals surface area (Å²) in [6, 6.07) is 17.7. The van der Waals surface area contributed by atoms with Crippen LogP contribution in [-0.2, 0) is 6.18 Å². The number of nitrogens with one attached hydrogen (secondary N) is 2. The molecule has 9 nitrogen and oxygen atoms in total. The Hall–Kier alpha value is -5.13. The number of alkyl halides is 3. The number of hydrogen-bond donors (Lipinski definition) is 2. The Morgan fingerprint density at radius 3 is 2.32 bits per heavy atom. The number of aromatic amines is 1. The maximum absolute atomic E-state index is 13.6. The molecule has 0 saturated heterocycles. The van der Waals surface area contributed by atoms with E-state index in [-0.39, 0.29) is 28.3 Å². The molecule has 5 aromatic rings. The molecule has 0 spiro atoms. The van der Waals surface area contributed by atoms with Crippen LogP contribution in [0.5, 0.6) is 0 Å². The molecule has 0 bridgehead atoms. The third-order valence-electron chi connectivity index (χ3n) is 5.29. The predicted octanol–water partition coefficient (Wildman–Crippen LogP) is 4.35. The van der Waals surface area contributed by atoms with Crippen LogP contribution in [0.1, 0.15) is 15.9 Å². The molecule has 3 aromatic heterocycles. The zero-order chi connectivity index (χ0) is 26.0. The monoisotopic (exact) mass is 503 g/mol. The van der Waals surface area contributed by atoms with Gasteiger partial charge in [-0.3, -0.25) is 9.59 Å². The molecule has 0 unspecified atom stereocenters. The number of benzene rings is 2. The third-order valence-corrected chi connectivity index (χ3v) is 5.29. The highest BCUT2D eigenvalue weighted by Crippen LogP contribution is 2.36. The van der Waals surface area contributed by atoms with Crippen LogP contribution in [-0.4, -0.2) is 35.9 Å². The fourth-order valence-electron chi connectivity index (χ4n) is 3.59. The summed E-state index contributed by atoms with van der Waals surface area (Å²) in [7, 11) is 0. The minimum Gasteiger partial charge on any atom is -0.306 e. The van der Waals surface area contributed by atoms with Crippen LogP contribution in [0.15, 0.2) is 90.0 Å². The molecule has 5 rings (SSSR count). The fourth-order valence-corrected chi connectivity index (χ4v) is 3.59. The standard InChI is InChI=1S/C25H16F3N7O2/c26-25(27,28)18-8-7-15(13-17(18)23-29-11-4-12-30-23)24(37)31-21-14-20(19-9-10-22(36)33-32-19)34-35(21)16-5-2-1-3-6-16/h1-14H,(H,31,37)(H,33,36). The molecule has 0 aliphatic carbocycles. The van der Waals surface area contributed by atoms with Crippen molar-refractivity contribution in [2.24, 2.45) is 0 Å². The fraction of sp³-hybridized carbons (Fsp3) is 0.0400. The SMILES string of the molecule is O=C(Nc1cc(-c2ccc(=O)[nH]n2)nn1-c1ccccc1)c1ccc(C(F)(F)F)c(-c2ncccn2)c1. The molecule has 0 atom stereocenters. The lowest BCUT2D eigenvalue weighted by Crippen LogP contribution is -2.16. The Labute approximate surface area is 206 Å². The van der Waals surface area contributed by atoms with Crippen molar-refractivity contribution in [1.29, 1.82) is 0 Å². The number of amides is 1. The van der Waals surface area contributed by atoms with Gasteiger partial charge in [0.25, 0.3) is 11.5 Å². The van der Waals surface area contributed by atoms with Crippen molar-refractivity contribution in [3.8, 4) is 28.5 Å². The summed E-state index contributed by atoms with van der Waals surface area (Å²) < 4.78 is 42.4. The molecule has 0 fully saturated rings. The minimum atomic E-state index is -4.67. The predicted molar refractivity (Wildman–Crippen MR) is 128 cm³/mol. The molecule has 2 N–H and O–H groups in total. The molecule has 0 aliphatic heterocycles. The van der Waals surface area contributed by atoms with Crippen LogP contribution in [0, 0.1) is 0 Å². The Bertz CT molecular complexity index is 1610. The first-order valence-electron chi connectivity index (χ1n) is 10.8. The maximum Gasteiger partial charge on any atom is 0.417 e. The summed E-state index contributed by atoms with van der Waals surface area (Å²) in [6.45, 7) is 0. The van der Waals surface area contributed by atoms with Crippen molar-refractivity contribution < 1.29 is 18.0 Å². The van der Waals surface area contributed by atoms with E-state index in [9.17, 15) is 22.8 Å². The van der Waals surface area contributed by atoms with Crippen molar-refractivity contribution in [3.05, 3.63) is 107 Å². The second-order valence-electron chi connectivity index (χ2n) is 7.75. The van der Waals surface area contributed by atoms with Gasteiger partial charge >= 0.3 is 6.18 Å². The average molecular weight is 503 g/mol. The second kappa shape index (κ2) is 9.49. The molecule has 184 valence electrons. The highest BCUT2D eigenvalue weighted by molar-refractivity contribution is 6.05. The van der Waals surface area contributed by atoms with E-state index in [1.807, 2.05) is 6.07 Å². The van der Waals surface area contributed by atoms with Gasteiger partial charge in [-0.2, -0.15) is 23.4 Å². The number of aromatic nitrogens is 6. The number of H-pyrrole nitrogens is 1. The smallest absolute Gasteiger partial charge is 0.306 e. The van der Waals surface area contributed by atoms with Gasteiger partial charge in [-0.25, -0.2) is 19.7 Å². The Balaban J connectivity index is 1.55. The summed E-state index contributed by atoms with van der Waals surface area (Å²) in [6.07, 6.45) is -2.03. The van der Waals surface area contributed by atoms with E-state index in [4.69, 9.17) is 0 Å². The van der Waals surface area contributed by atoms with Gasteiger partial charge in [0, 0.05) is 35.7 Å². The normalized spacial score (nSPS) is 11.3. The van der Waals surface area contributed by atoms with Gasteiger partial charge in [0.05, 0.1) is 11.3 Å². The first-order chi connectivity index (χ1) is 17.8. The van der Waals surface area contributed by atoms with Crippen molar-refractivity contribution in [2.75, 3.05) is 5.32 Å². The van der Waals surface area contributed by atoms with E-state index in [0.717, 1.165) is 18.2 Å². The molecule has 0 radical (unpaired) electrons. The number of para-hydroxylation sites is 1. The lowest BCUT2D eigenvalue weighted by Gasteiger charge is -2.14. The summed E-state index contributed by atoms with van der Waals surface area (Å²) >= 11 is 0. The Morgan fingerprint density at radius 2 is 1.65 bits per heavy atom. The molecule has 2 aromatic carbocycles. The number of anilines is 1. The number of carbonyl (C=O) groups excluding carboxylic acids is 1. The lowest BCUT2D eigenvalue weighted by molar-refractivity contribution is -0.137. The minimum absolute atomic E-state index is 0.0417. The molecule has 1 amide bonds. The van der Waals surface area contributed by atoms with Crippen LogP contribution in [0.2, 0.25) is 0 Å². The number of halogens is 3. The zero-order valence-corrected chi connectivity index (χ0v) is 18.8. The number of rotatable bonds is 5. The van der Waals surface area contributed by atoms with Crippen molar-refractivity contribution in [1.82, 2.24) is 29.9 Å². The molecular weight excluding hydrogens is 487 g/mol. The topological polar surface area (TPSA) is 118 Å². The van der Waals surface area contributed by atoms with E-state index >= 15 is 0 Å². The quantitative estimate of drug-likeness (QED) is 0.368. The van der Waals surface area contributed by atoms with Gasteiger partial charge < -0.3 is 5.32 Å². The summed E-state index contributed by atoms with van der Waals surface area (Å²) in [4.78, 5) is 32.4. The van der Waals surface area contributed by atoms with Crippen LogP contribution in [0.25, 0.3) is 28.5 Å². The molecule has 0 saturated carbocycles. The summed E-state index contributed by atoms with van der Waals surface area (Å²) in [5.41, 5.74) is -0.407. The van der Waals surface area contributed by atoms with Crippen LogP contribution < -0.4 is 10.9 Å². The summed E-state index contributed by atoms with van der Waals surface area (Å²) in [5, 5.41) is 13.5. The largest absolute Gasteiger partial charge is 0.417 e. The maximum atomic E-state index is 13.6. The van der Waals surface area contributed by atoms with Gasteiger partial charge in [0.2, 0.25) is 0 Å². The first-order valence-corrected chi connectivity index (χ1v) is 10.8. The van der Waals surface area contributed by atoms with Gasteiger partial charge in [-0.1, -0.05) is 18.2 Å². The van der Waals surface area contributed by atoms with Gasteiger partial charge in [0.1, 0.15) is 17.2 Å². The molecule has 37 heavy (non-hydrogen) atoms. The van der Waals surface area contributed by atoms with E-state index < -0.39 is 17.6 Å². The third kappa shape index (κ3) is 4.98. The number of hydrogen-bond acceptors (Lipinski definition) is 6. The Morgan fingerprint density at radius 1 is 0.892 bits per heavy atom. The number of carbonyl (C=O) groups is 1. The summed E-state index contributed by atoms with van der Waals surface area (Å²) in [5.74, 6) is -0.606. The van der Waals surface area contributed by atoms with Gasteiger partial charge in [0.15, 0.2) is 5.82 Å². The highest BCUT2D eigenvalue weighted by Gasteiger charge is 2.35. The van der Waals surface area contributed by atoms with Crippen LogP contribution in [0.3, 0.4) is 0 Å². The zero-order valence-electron chi connectivity index (χ0n) is 18.8. The van der Waals surface area contributed by atoms with E-state index in [0.29, 0.717) is 17.1 Å². The lowest BCUT2D eigenvalue weighted by atomic mass is 10.0. The van der Waals surface area contributed by atoms with E-state index in [1.165, 1.54) is 41.3 Å². The average Bonchev–Trinajstić information content (AvgIpc) is 3.33. The first kappa shape index (κ1) is 23.6. The Kier molecular flexibility index (Phi) is 6.05. The van der Waals surface area contributed by atoms with Crippen LogP contribution >= 0.6 is 0 Å². The molecule has 3 heterocycles. The van der Waals surface area contributed by atoms with Crippen molar-refractivity contribution in [2.45, 2.75) is 6.18 Å². The van der Waals surface area contributed by atoms with Crippen molar-refractivity contribution in [3.63, 3.8) is 0 Å². The van der Waals surface area contributed by atoms with Crippen LogP contribution in [0.4, 0.5) is 19.0 Å². The second-order valence-corrected chi connectivity index (χ2v) is 7.75. The molecule has 0 aliphatic rings. The van der Waals surface area contributed by atoms with Gasteiger partial charge in [-0.05, 0) is 42.5 Å². The van der Waals surface area contributed by atoms with Crippen molar-refractivity contribution >= 4 is 11.7 Å². The molecular formula is C25H16F3N7O2.